The molecule has 0 bridgehead atoms. The summed E-state index contributed by atoms with van der Waals surface area (Å²) in [6, 6.07) is 11.3. The minimum Gasteiger partial charge on any atom is -0.480 e. The standard InChI is InChI=1S/C23H25ClFNO5/c24-19-9-18(10-20(25)11-19)17-5-7-21(8-6-17)26-23(29)31-13-16-3-1-15(2-4-16)12-30-14-22(27)28/h5-11,15-16H,1-4,12-14H2,(H,26,29)(H,27,28). The molecule has 1 fully saturated rings. The Labute approximate surface area is 185 Å². The number of halogens is 2. The van der Waals surface area contributed by atoms with E-state index in [2.05, 4.69) is 5.32 Å². The number of carboxylic acid groups (broad SMARTS) is 1. The first kappa shape index (κ1) is 23.0. The Kier molecular flexibility index (Phi) is 8.26. The number of hydrogen-bond donors (Lipinski definition) is 2. The van der Waals surface area contributed by atoms with Gasteiger partial charge >= 0.3 is 12.1 Å². The number of anilines is 1. The molecule has 0 aromatic heterocycles. The number of nitrogens with one attached hydrogen (secondary N) is 1. The predicted octanol–water partition coefficient (Wildman–Crippen LogP) is 5.60. The molecule has 6 nitrogen and oxygen atoms in total. The van der Waals surface area contributed by atoms with Crippen molar-refractivity contribution in [1.29, 1.82) is 0 Å². The summed E-state index contributed by atoms with van der Waals surface area (Å²) in [4.78, 5) is 22.6. The lowest BCUT2D eigenvalue weighted by Crippen LogP contribution is -2.25. The molecule has 0 atom stereocenters. The largest absolute Gasteiger partial charge is 0.480 e. The molecule has 0 radical (unpaired) electrons. The highest BCUT2D eigenvalue weighted by Crippen LogP contribution is 2.29. The average Bonchev–Trinajstić information content (AvgIpc) is 2.73. The van der Waals surface area contributed by atoms with E-state index in [1.54, 1.807) is 30.3 Å². The first-order valence-corrected chi connectivity index (χ1v) is 10.6. The van der Waals surface area contributed by atoms with Gasteiger partial charge in [-0.05, 0) is 79.0 Å². The lowest BCUT2D eigenvalue weighted by atomic mass is 9.83. The highest BCUT2D eigenvalue weighted by molar-refractivity contribution is 6.30. The molecule has 0 unspecified atom stereocenters. The van der Waals surface area contributed by atoms with Crippen LogP contribution >= 0.6 is 11.6 Å². The molecule has 2 N–H and O–H groups in total. The van der Waals surface area contributed by atoms with Crippen LogP contribution in [0, 0.1) is 17.7 Å². The van der Waals surface area contributed by atoms with Crippen molar-refractivity contribution in [3.05, 3.63) is 53.3 Å². The van der Waals surface area contributed by atoms with Gasteiger partial charge in [0.05, 0.1) is 13.2 Å². The van der Waals surface area contributed by atoms with Crippen LogP contribution in [-0.2, 0) is 14.3 Å². The fourth-order valence-electron chi connectivity index (χ4n) is 3.69. The van der Waals surface area contributed by atoms with E-state index in [1.165, 1.54) is 12.1 Å². The number of carbonyl (C=O) groups excluding carboxylic acids is 1. The molecule has 1 amide bonds. The molecule has 2 aromatic rings. The summed E-state index contributed by atoms with van der Waals surface area (Å²) < 4.78 is 24.0. The van der Waals surface area contributed by atoms with Crippen molar-refractivity contribution in [3.8, 4) is 11.1 Å². The zero-order valence-electron chi connectivity index (χ0n) is 17.0. The summed E-state index contributed by atoms with van der Waals surface area (Å²) in [6.45, 7) is 0.534. The van der Waals surface area contributed by atoms with E-state index in [9.17, 15) is 14.0 Å². The Morgan fingerprint density at radius 2 is 1.65 bits per heavy atom. The molecule has 0 saturated heterocycles. The van der Waals surface area contributed by atoms with E-state index in [0.717, 1.165) is 31.2 Å². The van der Waals surface area contributed by atoms with Crippen LogP contribution in [0.3, 0.4) is 0 Å². The summed E-state index contributed by atoms with van der Waals surface area (Å²) in [5, 5.41) is 11.6. The number of hydrogen-bond acceptors (Lipinski definition) is 4. The fraction of sp³-hybridized carbons (Fsp3) is 0.391. The zero-order valence-corrected chi connectivity index (χ0v) is 17.7. The van der Waals surface area contributed by atoms with Gasteiger partial charge in [-0.25, -0.2) is 14.0 Å². The second-order valence-corrected chi connectivity index (χ2v) is 8.19. The molecule has 1 aliphatic rings. The number of amides is 1. The monoisotopic (exact) mass is 449 g/mol. The highest BCUT2D eigenvalue weighted by atomic mass is 35.5. The van der Waals surface area contributed by atoms with Crippen molar-refractivity contribution in [2.45, 2.75) is 25.7 Å². The van der Waals surface area contributed by atoms with E-state index in [-0.39, 0.29) is 6.61 Å². The second-order valence-electron chi connectivity index (χ2n) is 7.75. The van der Waals surface area contributed by atoms with Crippen LogP contribution in [0.25, 0.3) is 11.1 Å². The molecule has 1 aliphatic carbocycles. The number of rotatable bonds is 8. The van der Waals surface area contributed by atoms with Gasteiger partial charge in [0, 0.05) is 10.7 Å². The maximum atomic E-state index is 13.5. The summed E-state index contributed by atoms with van der Waals surface area (Å²) in [6.07, 6.45) is 3.17. The maximum Gasteiger partial charge on any atom is 0.411 e. The van der Waals surface area contributed by atoms with Crippen molar-refractivity contribution in [1.82, 2.24) is 0 Å². The van der Waals surface area contributed by atoms with Gasteiger partial charge < -0.3 is 14.6 Å². The average molecular weight is 450 g/mol. The summed E-state index contributed by atoms with van der Waals surface area (Å²) in [5.74, 6) is -0.714. The lowest BCUT2D eigenvalue weighted by molar-refractivity contribution is -0.142. The summed E-state index contributed by atoms with van der Waals surface area (Å²) in [7, 11) is 0. The van der Waals surface area contributed by atoms with Crippen LogP contribution in [0.1, 0.15) is 25.7 Å². The van der Waals surface area contributed by atoms with Crippen molar-refractivity contribution in [2.75, 3.05) is 25.1 Å². The molecule has 2 aromatic carbocycles. The Bertz CT molecular complexity index is 877. The van der Waals surface area contributed by atoms with Crippen molar-refractivity contribution in [3.63, 3.8) is 0 Å². The molecule has 31 heavy (non-hydrogen) atoms. The van der Waals surface area contributed by atoms with Crippen molar-refractivity contribution in [2.24, 2.45) is 11.8 Å². The molecule has 0 aliphatic heterocycles. The maximum absolute atomic E-state index is 13.5. The highest BCUT2D eigenvalue weighted by Gasteiger charge is 2.22. The molecular weight excluding hydrogens is 425 g/mol. The molecule has 166 valence electrons. The lowest BCUT2D eigenvalue weighted by Gasteiger charge is -2.27. The third-order valence-corrected chi connectivity index (χ3v) is 5.54. The van der Waals surface area contributed by atoms with Gasteiger partial charge in [0.1, 0.15) is 12.4 Å². The van der Waals surface area contributed by atoms with E-state index >= 15 is 0 Å². The van der Waals surface area contributed by atoms with Crippen LogP contribution in [0.4, 0.5) is 14.9 Å². The number of benzene rings is 2. The minimum absolute atomic E-state index is 0.264. The second kappa shape index (κ2) is 11.1. The first-order valence-electron chi connectivity index (χ1n) is 10.2. The van der Waals surface area contributed by atoms with Gasteiger partial charge in [-0.2, -0.15) is 0 Å². The summed E-state index contributed by atoms with van der Waals surface area (Å²) in [5.41, 5.74) is 2.02. The molecule has 3 rings (SSSR count). The number of aliphatic carboxylic acids is 1. The van der Waals surface area contributed by atoms with E-state index < -0.39 is 17.9 Å². The molecule has 0 spiro atoms. The Hall–Kier alpha value is -2.64. The fourth-order valence-corrected chi connectivity index (χ4v) is 3.91. The van der Waals surface area contributed by atoms with Crippen LogP contribution in [0.5, 0.6) is 0 Å². The number of carboxylic acids is 1. The number of ether oxygens (including phenoxy) is 2. The smallest absolute Gasteiger partial charge is 0.411 e. The van der Waals surface area contributed by atoms with Crippen LogP contribution in [-0.4, -0.2) is 37.0 Å². The van der Waals surface area contributed by atoms with Crippen LogP contribution in [0.2, 0.25) is 5.02 Å². The molecule has 8 heteroatoms. The van der Waals surface area contributed by atoms with Gasteiger partial charge in [-0.3, -0.25) is 5.32 Å². The first-order chi connectivity index (χ1) is 14.9. The Morgan fingerprint density at radius 1 is 1.00 bits per heavy atom. The molecular formula is C23H25ClFNO5. The van der Waals surface area contributed by atoms with Gasteiger partial charge in [0.2, 0.25) is 0 Å². The van der Waals surface area contributed by atoms with E-state index in [1.807, 2.05) is 0 Å². The number of carbonyl (C=O) groups is 2. The normalized spacial score (nSPS) is 18.4. The van der Waals surface area contributed by atoms with Gasteiger partial charge in [-0.1, -0.05) is 23.7 Å². The topological polar surface area (TPSA) is 84.9 Å². The van der Waals surface area contributed by atoms with Crippen molar-refractivity contribution >= 4 is 29.4 Å². The quantitative estimate of drug-likeness (QED) is 0.547. The summed E-state index contributed by atoms with van der Waals surface area (Å²) >= 11 is 5.90. The Balaban J connectivity index is 1.40. The van der Waals surface area contributed by atoms with E-state index in [0.29, 0.717) is 41.3 Å². The van der Waals surface area contributed by atoms with Crippen LogP contribution in [0.15, 0.2) is 42.5 Å². The van der Waals surface area contributed by atoms with Crippen molar-refractivity contribution < 1.29 is 28.6 Å². The SMILES string of the molecule is O=C(O)COCC1CCC(COC(=O)Nc2ccc(-c3cc(F)cc(Cl)c3)cc2)CC1. The third kappa shape index (κ3) is 7.52. The van der Waals surface area contributed by atoms with Gasteiger partial charge in [-0.15, -0.1) is 0 Å². The minimum atomic E-state index is -0.957. The predicted molar refractivity (Wildman–Crippen MR) is 116 cm³/mol. The zero-order chi connectivity index (χ0) is 22.2. The molecule has 1 saturated carbocycles. The van der Waals surface area contributed by atoms with Gasteiger partial charge in [0.25, 0.3) is 0 Å². The third-order valence-electron chi connectivity index (χ3n) is 5.32. The van der Waals surface area contributed by atoms with Gasteiger partial charge in [0.15, 0.2) is 0 Å². The Morgan fingerprint density at radius 3 is 2.26 bits per heavy atom. The van der Waals surface area contributed by atoms with E-state index in [4.69, 9.17) is 26.2 Å². The van der Waals surface area contributed by atoms with Crippen LogP contribution < -0.4 is 5.32 Å². The molecule has 0 heterocycles.